The van der Waals surface area contributed by atoms with Crippen molar-refractivity contribution in [3.05, 3.63) is 6.65 Å². The van der Waals surface area contributed by atoms with Crippen LogP contribution >= 0.6 is 0 Å². The Hall–Kier alpha value is -0.700. The Kier molecular flexibility index (Phi) is 20.5. The molecule has 0 aromatic carbocycles. The van der Waals surface area contributed by atoms with Crippen LogP contribution in [0.1, 0.15) is 0 Å². The summed E-state index contributed by atoms with van der Waals surface area (Å²) in [4.78, 5) is 0. The number of terminal acetylenes is 1. The second-order valence-corrected chi connectivity index (χ2v) is 0. The molecule has 0 spiro atoms. The van der Waals surface area contributed by atoms with Crippen LogP contribution < -0.4 is 0 Å². The van der Waals surface area contributed by atoms with E-state index in [0.717, 1.165) is 0 Å². The normalized spacial score (nSPS) is 1.00. The van der Waals surface area contributed by atoms with Gasteiger partial charge in [0.2, 0.25) is 0 Å². The van der Waals surface area contributed by atoms with E-state index in [0.29, 0.717) is 0 Å². The summed E-state index contributed by atoms with van der Waals surface area (Å²) in [5.41, 5.74) is 0. The molecule has 0 aromatic heterocycles. The molecule has 4 heavy (non-hydrogen) atoms. The Morgan fingerprint density at radius 3 is 1.25 bits per heavy atom. The van der Waals surface area contributed by atoms with Gasteiger partial charge >= 0.3 is 11.3 Å². The van der Waals surface area contributed by atoms with E-state index in [1.807, 2.05) is 0 Å². The van der Waals surface area contributed by atoms with Crippen LogP contribution in [0.4, 0.5) is 0 Å². The van der Waals surface area contributed by atoms with Gasteiger partial charge in [-0.2, -0.15) is 0 Å². The molecule has 0 aromatic rings. The molecule has 0 amide bonds. The first kappa shape index (κ1) is 10.3. The fraction of sp³-hybridized carbons (Fsp3) is 0. The predicted molar refractivity (Wildman–Crippen MR) is 13.8 cm³/mol. The van der Waals surface area contributed by atoms with Gasteiger partial charge in [-0.15, -0.1) is 12.8 Å². The molecular formula is C3H2O. The van der Waals surface area contributed by atoms with Crippen molar-refractivity contribution in [3.63, 3.8) is 0 Å². The summed E-state index contributed by atoms with van der Waals surface area (Å²) in [6.07, 6.45) is 8.00. The Morgan fingerprint density at radius 1 is 1.25 bits per heavy atom. The third-order valence-corrected chi connectivity index (χ3v) is 0. The van der Waals surface area contributed by atoms with Crippen LogP contribution in [-0.2, 0) is 4.65 Å². The summed E-state index contributed by atoms with van der Waals surface area (Å²) in [7, 11) is 0. The molecule has 1 nitrogen and oxygen atoms in total. The fourth-order valence-corrected chi connectivity index (χ4v) is 0. The van der Waals surface area contributed by atoms with E-state index in [1.165, 1.54) is 0 Å². The van der Waals surface area contributed by atoms with Crippen molar-refractivity contribution in [3.8, 4) is 12.8 Å². The molecule has 0 aliphatic rings. The molecule has 20 valence electrons. The van der Waals surface area contributed by atoms with Gasteiger partial charge in [0.05, 0.1) is 0 Å². The Bertz CT molecular complexity index is 18.8. The van der Waals surface area contributed by atoms with E-state index in [-0.39, 0.29) is 0 Å². The monoisotopic (exact) mass is 54.0 g/mol. The van der Waals surface area contributed by atoms with Gasteiger partial charge in [-0.3, -0.25) is 0 Å². The molecule has 0 fully saturated rings. The minimum absolute atomic E-state index is 4.00. The number of hydrogen-bond donors (Lipinski definition) is 0. The zero-order chi connectivity index (χ0) is 4.00. The molecule has 0 rings (SSSR count). The molecule has 0 aliphatic carbocycles. The summed E-state index contributed by atoms with van der Waals surface area (Å²) in [6, 6.07) is 0. The van der Waals surface area contributed by atoms with Gasteiger partial charge in [-0.25, -0.2) is 0 Å². The molecule has 0 saturated heterocycles. The molecule has 0 aliphatic heterocycles. The maximum atomic E-state index is 7.50. The van der Waals surface area contributed by atoms with Crippen LogP contribution in [0.3, 0.4) is 0 Å². The molecule has 0 heterocycles. The van der Waals surface area contributed by atoms with Crippen LogP contribution in [-0.4, -0.2) is 0 Å². The van der Waals surface area contributed by atoms with Crippen molar-refractivity contribution in [1.29, 1.82) is 0 Å². The van der Waals surface area contributed by atoms with Crippen LogP contribution in [0.5, 0.6) is 0 Å². The molecular weight excluding hydrogens is 52.0 g/mol. The van der Waals surface area contributed by atoms with Crippen molar-refractivity contribution >= 4 is 0 Å². The van der Waals surface area contributed by atoms with E-state index in [9.17, 15) is 0 Å². The summed E-state index contributed by atoms with van der Waals surface area (Å²) in [5, 5.41) is 0. The third kappa shape index (κ3) is 0.239. The van der Waals surface area contributed by atoms with Crippen LogP contribution in [0, 0.1) is 19.5 Å². The van der Waals surface area contributed by atoms with Gasteiger partial charge < -0.3 is 0 Å². The topological polar surface area (TPSA) is 19.9 Å². The van der Waals surface area contributed by atoms with Gasteiger partial charge in [0, 0.05) is 0 Å². The Morgan fingerprint density at radius 2 is 1.25 bits per heavy atom. The average Bonchev–Trinajstić information content (AvgIpc) is 1.50. The minimum atomic E-state index is 4.00. The van der Waals surface area contributed by atoms with Crippen molar-refractivity contribution in [2.24, 2.45) is 0 Å². The fourth-order valence-electron chi connectivity index (χ4n) is 0. The van der Waals surface area contributed by atoms with Gasteiger partial charge in [0.25, 0.3) is 0 Å². The van der Waals surface area contributed by atoms with Crippen LogP contribution in [0.2, 0.25) is 0 Å². The van der Waals surface area contributed by atoms with E-state index in [2.05, 4.69) is 19.5 Å². The summed E-state index contributed by atoms with van der Waals surface area (Å²) < 4.78 is 7.50. The molecule has 0 saturated carbocycles. The predicted octanol–water partition coefficient (Wildman–Crippen LogP) is 0.212. The quantitative estimate of drug-likeness (QED) is 0.214. The first-order valence-corrected chi connectivity index (χ1v) is 0.537. The zero-order valence-corrected chi connectivity index (χ0v) is 2.06. The number of rotatable bonds is 0. The summed E-state index contributed by atoms with van der Waals surface area (Å²) in [5.74, 6) is 0. The van der Waals surface area contributed by atoms with Gasteiger partial charge in [0.15, 0.2) is 0 Å². The molecule has 0 N–H and O–H groups in total. The third-order valence-electron chi connectivity index (χ3n) is 0. The van der Waals surface area contributed by atoms with Crippen molar-refractivity contribution in [2.45, 2.75) is 0 Å². The first-order chi connectivity index (χ1) is 2.00. The molecule has 1 heteroatoms. The summed E-state index contributed by atoms with van der Waals surface area (Å²) in [6.45, 7) is 4.50. The summed E-state index contributed by atoms with van der Waals surface area (Å²) >= 11 is 0. The van der Waals surface area contributed by atoms with E-state index >= 15 is 0 Å². The zero-order valence-electron chi connectivity index (χ0n) is 2.06. The maximum absolute atomic E-state index is 7.50. The molecule has 0 atom stereocenters. The van der Waals surface area contributed by atoms with Gasteiger partial charge in [-0.1, -0.05) is 0 Å². The molecule has 0 radical (unpaired) electrons. The first-order valence-electron chi connectivity index (χ1n) is 0.537. The van der Waals surface area contributed by atoms with Gasteiger partial charge in [-0.05, 0) is 0 Å². The SMILES string of the molecule is C#C.[C-]#[O+]. The number of hydrogen-bond acceptors (Lipinski definition) is 0. The van der Waals surface area contributed by atoms with E-state index in [4.69, 9.17) is 4.65 Å². The average molecular weight is 54.0 g/mol. The molecule has 0 unspecified atom stereocenters. The molecule has 0 bridgehead atoms. The second-order valence-electron chi connectivity index (χ2n) is 0. The van der Waals surface area contributed by atoms with E-state index < -0.39 is 0 Å². The standard InChI is InChI=1S/C2H2.CO/c2*1-2/h1-2H;. The van der Waals surface area contributed by atoms with Crippen molar-refractivity contribution in [1.82, 2.24) is 0 Å². The van der Waals surface area contributed by atoms with Crippen LogP contribution in [0.25, 0.3) is 0 Å². The van der Waals surface area contributed by atoms with Crippen molar-refractivity contribution in [2.75, 3.05) is 0 Å². The van der Waals surface area contributed by atoms with Crippen LogP contribution in [0.15, 0.2) is 0 Å². The van der Waals surface area contributed by atoms with Crippen molar-refractivity contribution < 1.29 is 4.65 Å². The second kappa shape index (κ2) is 7.93. The Labute approximate surface area is 25.4 Å². The van der Waals surface area contributed by atoms with E-state index in [1.54, 1.807) is 0 Å². The Balaban J connectivity index is 0. The van der Waals surface area contributed by atoms with Gasteiger partial charge in [0.1, 0.15) is 0 Å².